The second-order valence-electron chi connectivity index (χ2n) is 15.0. The SMILES string of the molecule is C=CCC(C)C(C[C@@H]1CCO1)S(=O)(=O)NC(=O)c1ccc2c(c1)N(C[C@@H]1CC[C@H]1C(O)/C=C/CCC)C[C@@]1(CCCc3cc(Cl)ccc31)CO2. The van der Waals surface area contributed by atoms with Crippen LogP contribution >= 0.6 is 11.6 Å². The zero-order chi connectivity index (χ0) is 35.5. The first-order valence-electron chi connectivity index (χ1n) is 18.5. The normalized spacial score (nSPS) is 26.4. The molecule has 2 heterocycles. The highest BCUT2D eigenvalue weighted by Gasteiger charge is 2.44. The van der Waals surface area contributed by atoms with Crippen LogP contribution < -0.4 is 14.4 Å². The third-order valence-corrected chi connectivity index (χ3v) is 13.7. The molecule has 2 aromatic carbocycles. The molecule has 0 radical (unpaired) electrons. The molecular formula is C40H53ClN2O6S. The van der Waals surface area contributed by atoms with Crippen LogP contribution in [0.5, 0.6) is 5.75 Å². The Morgan fingerprint density at radius 2 is 2.04 bits per heavy atom. The Morgan fingerprint density at radius 3 is 2.74 bits per heavy atom. The van der Waals surface area contributed by atoms with Crippen molar-refractivity contribution in [3.63, 3.8) is 0 Å². The first-order valence-corrected chi connectivity index (χ1v) is 20.4. The number of rotatable bonds is 14. The van der Waals surface area contributed by atoms with Crippen molar-refractivity contribution in [2.45, 2.75) is 101 Å². The number of ether oxygens (including phenoxy) is 2. The summed E-state index contributed by atoms with van der Waals surface area (Å²) in [7, 11) is -4.02. The molecule has 2 aliphatic heterocycles. The number of fused-ring (bicyclic) bond motifs is 3. The van der Waals surface area contributed by atoms with Gasteiger partial charge in [-0.15, -0.1) is 6.58 Å². The van der Waals surface area contributed by atoms with E-state index < -0.39 is 27.3 Å². The number of aliphatic hydroxyl groups is 1. The molecule has 6 rings (SSSR count). The van der Waals surface area contributed by atoms with Gasteiger partial charge in [0.2, 0.25) is 10.0 Å². The molecule has 3 unspecified atom stereocenters. The maximum atomic E-state index is 13.8. The van der Waals surface area contributed by atoms with Crippen LogP contribution in [0.15, 0.2) is 61.2 Å². The van der Waals surface area contributed by atoms with Crippen LogP contribution in [0, 0.1) is 17.8 Å². The summed E-state index contributed by atoms with van der Waals surface area (Å²) < 4.78 is 42.1. The summed E-state index contributed by atoms with van der Waals surface area (Å²) in [5, 5.41) is 11.0. The van der Waals surface area contributed by atoms with E-state index in [1.165, 1.54) is 11.1 Å². The summed E-state index contributed by atoms with van der Waals surface area (Å²) in [6.07, 6.45) is 13.7. The predicted molar refractivity (Wildman–Crippen MR) is 200 cm³/mol. The Hall–Kier alpha value is -2.85. The summed E-state index contributed by atoms with van der Waals surface area (Å²) >= 11 is 6.44. The molecule has 4 aliphatic rings. The number of aryl methyl sites for hydroxylation is 1. The molecule has 1 spiro atoms. The molecule has 272 valence electrons. The average Bonchev–Trinajstić information content (AvgIpc) is 3.19. The Kier molecular flexibility index (Phi) is 11.7. The Bertz CT molecular complexity index is 1680. The lowest BCUT2D eigenvalue weighted by molar-refractivity contribution is -0.0563. The van der Waals surface area contributed by atoms with Gasteiger partial charge in [0.05, 0.1) is 29.8 Å². The van der Waals surface area contributed by atoms with E-state index in [2.05, 4.69) is 41.3 Å². The Morgan fingerprint density at radius 1 is 1.22 bits per heavy atom. The number of aliphatic hydroxyl groups excluding tert-OH is 1. The highest BCUT2D eigenvalue weighted by Crippen LogP contribution is 2.46. The van der Waals surface area contributed by atoms with Crippen LogP contribution in [-0.2, 0) is 26.6 Å². The maximum Gasteiger partial charge on any atom is 0.264 e. The molecule has 0 bridgehead atoms. The first kappa shape index (κ1) is 36.9. The number of allylic oxidation sites excluding steroid dienone is 2. The number of carbonyl (C=O) groups excluding carboxylic acids is 1. The molecule has 0 aromatic heterocycles. The van der Waals surface area contributed by atoms with Gasteiger partial charge in [0.1, 0.15) is 5.75 Å². The van der Waals surface area contributed by atoms with Crippen molar-refractivity contribution in [1.82, 2.24) is 4.72 Å². The highest BCUT2D eigenvalue weighted by atomic mass is 35.5. The van der Waals surface area contributed by atoms with Crippen LogP contribution in [0.1, 0.15) is 93.1 Å². The van der Waals surface area contributed by atoms with Crippen LogP contribution in [0.3, 0.4) is 0 Å². The smallest absolute Gasteiger partial charge is 0.264 e. The van der Waals surface area contributed by atoms with Crippen molar-refractivity contribution in [1.29, 1.82) is 0 Å². The third kappa shape index (κ3) is 7.96. The molecular weight excluding hydrogens is 672 g/mol. The molecule has 50 heavy (non-hydrogen) atoms. The topological polar surface area (TPSA) is 105 Å². The Balaban J connectivity index is 1.30. The van der Waals surface area contributed by atoms with Crippen molar-refractivity contribution in [3.8, 4) is 5.75 Å². The summed E-state index contributed by atoms with van der Waals surface area (Å²) in [4.78, 5) is 16.1. The van der Waals surface area contributed by atoms with Crippen molar-refractivity contribution >= 4 is 33.2 Å². The lowest BCUT2D eigenvalue weighted by Crippen LogP contribution is -2.49. The van der Waals surface area contributed by atoms with E-state index in [9.17, 15) is 18.3 Å². The lowest BCUT2D eigenvalue weighted by Gasteiger charge is -2.45. The van der Waals surface area contributed by atoms with Crippen molar-refractivity contribution in [2.24, 2.45) is 17.8 Å². The average molecular weight is 725 g/mol. The minimum atomic E-state index is -4.02. The molecule has 1 amide bonds. The number of nitrogens with one attached hydrogen (secondary N) is 1. The van der Waals surface area contributed by atoms with Crippen LogP contribution in [0.2, 0.25) is 5.02 Å². The quantitative estimate of drug-likeness (QED) is 0.196. The lowest BCUT2D eigenvalue weighted by atomic mass is 9.68. The number of hydrogen-bond acceptors (Lipinski definition) is 7. The van der Waals surface area contributed by atoms with Crippen LogP contribution in [0.25, 0.3) is 0 Å². The first-order chi connectivity index (χ1) is 24.0. The van der Waals surface area contributed by atoms with Gasteiger partial charge in [-0.1, -0.05) is 56.2 Å². The minimum Gasteiger partial charge on any atom is -0.490 e. The summed E-state index contributed by atoms with van der Waals surface area (Å²) in [5.74, 6) is 0.181. The van der Waals surface area contributed by atoms with Crippen molar-refractivity contribution < 1.29 is 27.8 Å². The van der Waals surface area contributed by atoms with Crippen molar-refractivity contribution in [3.05, 3.63) is 82.9 Å². The molecule has 1 saturated carbocycles. The monoisotopic (exact) mass is 724 g/mol. The van der Waals surface area contributed by atoms with Gasteiger partial charge in [0.15, 0.2) is 0 Å². The third-order valence-electron chi connectivity index (χ3n) is 11.6. The van der Waals surface area contributed by atoms with Gasteiger partial charge in [-0.25, -0.2) is 13.1 Å². The number of benzene rings is 2. The second kappa shape index (κ2) is 15.8. The predicted octanol–water partition coefficient (Wildman–Crippen LogP) is 7.38. The van der Waals surface area contributed by atoms with Gasteiger partial charge in [-0.05, 0) is 117 Å². The molecule has 2 fully saturated rings. The number of carbonyl (C=O) groups is 1. The van der Waals surface area contributed by atoms with Gasteiger partial charge in [-0.2, -0.15) is 0 Å². The largest absolute Gasteiger partial charge is 0.490 e. The van der Waals surface area contributed by atoms with Gasteiger partial charge in [0, 0.05) is 35.7 Å². The highest BCUT2D eigenvalue weighted by molar-refractivity contribution is 7.90. The van der Waals surface area contributed by atoms with Gasteiger partial charge < -0.3 is 19.5 Å². The minimum absolute atomic E-state index is 0.124. The maximum absolute atomic E-state index is 13.8. The summed E-state index contributed by atoms with van der Waals surface area (Å²) in [6.45, 7) is 10.3. The van der Waals surface area contributed by atoms with E-state index in [1.54, 1.807) is 24.3 Å². The number of unbranched alkanes of at least 4 members (excludes halogenated alkanes) is 1. The van der Waals surface area contributed by atoms with E-state index in [0.717, 1.165) is 62.1 Å². The fourth-order valence-electron chi connectivity index (χ4n) is 8.43. The van der Waals surface area contributed by atoms with Crippen molar-refractivity contribution in [2.75, 3.05) is 31.2 Å². The fraction of sp³-hybridized carbons (Fsp3) is 0.575. The molecule has 2 aromatic rings. The molecule has 1 saturated heterocycles. The zero-order valence-electron chi connectivity index (χ0n) is 29.5. The molecule has 7 atom stereocenters. The summed E-state index contributed by atoms with van der Waals surface area (Å²) in [6, 6.07) is 11.4. The number of halogens is 1. The Labute approximate surface area is 303 Å². The molecule has 2 aliphatic carbocycles. The van der Waals surface area contributed by atoms with E-state index in [0.29, 0.717) is 44.9 Å². The molecule has 10 heteroatoms. The second-order valence-corrected chi connectivity index (χ2v) is 17.4. The molecule has 2 N–H and O–H groups in total. The molecule has 8 nitrogen and oxygen atoms in total. The number of anilines is 1. The number of sulfonamides is 1. The van der Waals surface area contributed by atoms with Crippen LogP contribution in [0.4, 0.5) is 5.69 Å². The van der Waals surface area contributed by atoms with E-state index in [-0.39, 0.29) is 34.8 Å². The van der Waals surface area contributed by atoms with Gasteiger partial charge >= 0.3 is 0 Å². The fourth-order valence-corrected chi connectivity index (χ4v) is 10.3. The van der Waals surface area contributed by atoms with E-state index >= 15 is 0 Å². The number of nitrogens with zero attached hydrogens (tertiary/aromatic N) is 1. The van der Waals surface area contributed by atoms with Gasteiger partial charge in [0.25, 0.3) is 5.91 Å². The van der Waals surface area contributed by atoms with Crippen LogP contribution in [-0.4, -0.2) is 63.2 Å². The van der Waals surface area contributed by atoms with E-state index in [1.807, 2.05) is 19.1 Å². The number of amides is 1. The van der Waals surface area contributed by atoms with E-state index in [4.69, 9.17) is 21.1 Å². The standard InChI is InChI=1S/C40H53ClN2O6S/c1-4-6-7-11-36(44)33-15-12-30(33)24-43-25-40(19-8-10-28-21-31(41)14-16-34(28)40)26-49-37-17-13-29(22-35(37)43)39(45)42-50(46,47)38(27(3)9-5-2)23-32-18-20-48-32/h5,7,11,13-14,16-17,21-22,27,30,32-33,36,38,44H,2,4,6,8-10,12,15,18-20,23-26H2,1,3H3,(H,42,45)/b11-7+/t27?,30-,32-,33+,36?,38?,40-/m0/s1. The summed E-state index contributed by atoms with van der Waals surface area (Å²) in [5.41, 5.74) is 3.23. The van der Waals surface area contributed by atoms with Gasteiger partial charge in [-0.3, -0.25) is 4.79 Å². The zero-order valence-corrected chi connectivity index (χ0v) is 31.1. The number of hydrogen-bond donors (Lipinski definition) is 2.